The van der Waals surface area contributed by atoms with E-state index in [2.05, 4.69) is 20.3 Å². The van der Waals surface area contributed by atoms with Crippen LogP contribution in [-0.4, -0.2) is 33.3 Å². The van der Waals surface area contributed by atoms with Crippen LogP contribution in [-0.2, 0) is 11.2 Å². The number of benzene rings is 1. The molecule has 0 radical (unpaired) electrons. The lowest BCUT2D eigenvalue weighted by molar-refractivity contribution is -0.139. The lowest BCUT2D eigenvalue weighted by Crippen LogP contribution is -2.42. The molecule has 1 heterocycles. The highest BCUT2D eigenvalue weighted by Crippen LogP contribution is 2.07. The standard InChI is InChI=1S/C12H12N4O4/c13-10-9(15-20-16-10)11(17)14-8(12(18)19)6-7-4-2-1-3-5-7/h1-5,8H,6H2,(H2,13,16)(H,14,17)(H,18,19)/t8-/m0/s1. The maximum Gasteiger partial charge on any atom is 0.326 e. The van der Waals surface area contributed by atoms with Gasteiger partial charge in [-0.15, -0.1) is 0 Å². The van der Waals surface area contributed by atoms with E-state index in [1.54, 1.807) is 24.3 Å². The van der Waals surface area contributed by atoms with Gasteiger partial charge in [-0.1, -0.05) is 30.3 Å². The van der Waals surface area contributed by atoms with Gasteiger partial charge in [-0.05, 0) is 15.9 Å². The molecule has 4 N–H and O–H groups in total. The molecule has 8 heteroatoms. The molecule has 20 heavy (non-hydrogen) atoms. The minimum absolute atomic E-state index is 0.146. The molecule has 1 aromatic carbocycles. The average molecular weight is 276 g/mol. The third-order valence-electron chi connectivity index (χ3n) is 2.62. The van der Waals surface area contributed by atoms with E-state index in [0.717, 1.165) is 5.56 Å². The Labute approximate surface area is 113 Å². The number of carbonyl (C=O) groups excluding carboxylic acids is 1. The van der Waals surface area contributed by atoms with Gasteiger partial charge < -0.3 is 16.2 Å². The number of nitrogen functional groups attached to an aromatic ring is 1. The molecule has 8 nitrogen and oxygen atoms in total. The van der Waals surface area contributed by atoms with Crippen molar-refractivity contribution in [3.8, 4) is 0 Å². The van der Waals surface area contributed by atoms with Crippen molar-refractivity contribution < 1.29 is 19.3 Å². The number of hydrogen-bond donors (Lipinski definition) is 3. The van der Waals surface area contributed by atoms with Crippen LogP contribution < -0.4 is 11.1 Å². The Bertz CT molecular complexity index is 611. The van der Waals surface area contributed by atoms with E-state index in [1.807, 2.05) is 6.07 Å². The van der Waals surface area contributed by atoms with E-state index in [1.165, 1.54) is 0 Å². The second-order valence-electron chi connectivity index (χ2n) is 4.05. The van der Waals surface area contributed by atoms with Gasteiger partial charge in [-0.3, -0.25) is 4.79 Å². The number of rotatable bonds is 5. The van der Waals surface area contributed by atoms with E-state index in [4.69, 9.17) is 10.8 Å². The van der Waals surface area contributed by atoms with E-state index >= 15 is 0 Å². The van der Waals surface area contributed by atoms with Crippen LogP contribution in [0.15, 0.2) is 35.0 Å². The van der Waals surface area contributed by atoms with Crippen LogP contribution in [0.2, 0.25) is 0 Å². The molecular formula is C12H12N4O4. The fourth-order valence-corrected chi connectivity index (χ4v) is 1.63. The minimum Gasteiger partial charge on any atom is -0.480 e. The van der Waals surface area contributed by atoms with E-state index in [9.17, 15) is 9.59 Å². The first-order chi connectivity index (χ1) is 9.58. The molecule has 1 amide bonds. The first kappa shape index (κ1) is 13.5. The quantitative estimate of drug-likeness (QED) is 0.704. The van der Waals surface area contributed by atoms with Gasteiger partial charge in [0.25, 0.3) is 5.91 Å². The molecule has 0 saturated carbocycles. The van der Waals surface area contributed by atoms with Crippen molar-refractivity contribution >= 4 is 17.7 Å². The van der Waals surface area contributed by atoms with Gasteiger partial charge in [0.15, 0.2) is 0 Å². The lowest BCUT2D eigenvalue weighted by atomic mass is 10.1. The van der Waals surface area contributed by atoms with Crippen LogP contribution in [0.25, 0.3) is 0 Å². The second-order valence-corrected chi connectivity index (χ2v) is 4.05. The summed E-state index contributed by atoms with van der Waals surface area (Å²) in [6.45, 7) is 0. The summed E-state index contributed by atoms with van der Waals surface area (Å²) in [4.78, 5) is 23.0. The highest BCUT2D eigenvalue weighted by atomic mass is 16.6. The zero-order valence-corrected chi connectivity index (χ0v) is 10.3. The maximum absolute atomic E-state index is 11.8. The molecule has 0 fully saturated rings. The number of aliphatic carboxylic acids is 1. The molecule has 0 bridgehead atoms. The second kappa shape index (κ2) is 5.83. The van der Waals surface area contributed by atoms with E-state index < -0.39 is 17.9 Å². The number of nitrogens with zero attached hydrogens (tertiary/aromatic N) is 2. The Morgan fingerprint density at radius 1 is 1.30 bits per heavy atom. The number of carboxylic acid groups (broad SMARTS) is 1. The summed E-state index contributed by atoms with van der Waals surface area (Å²) in [7, 11) is 0. The number of nitrogens with two attached hydrogens (primary N) is 1. The van der Waals surface area contributed by atoms with E-state index in [0.29, 0.717) is 0 Å². The summed E-state index contributed by atoms with van der Waals surface area (Å²) in [6, 6.07) is 7.84. The Morgan fingerprint density at radius 2 is 2.00 bits per heavy atom. The Balaban J connectivity index is 2.09. The summed E-state index contributed by atoms with van der Waals surface area (Å²) in [5.41, 5.74) is 5.92. The number of nitrogens with one attached hydrogen (secondary N) is 1. The zero-order valence-electron chi connectivity index (χ0n) is 10.3. The first-order valence-corrected chi connectivity index (χ1v) is 5.73. The zero-order chi connectivity index (χ0) is 14.5. The van der Waals surface area contributed by atoms with Crippen molar-refractivity contribution in [1.82, 2.24) is 15.6 Å². The molecule has 2 rings (SSSR count). The predicted octanol–water partition coefficient (Wildman–Crippen LogP) is 0.0775. The highest BCUT2D eigenvalue weighted by Gasteiger charge is 2.24. The molecule has 104 valence electrons. The first-order valence-electron chi connectivity index (χ1n) is 5.73. The number of anilines is 1. The van der Waals surface area contributed by atoms with Crippen LogP contribution in [0, 0.1) is 0 Å². The largest absolute Gasteiger partial charge is 0.480 e. The number of carboxylic acids is 1. The van der Waals surface area contributed by atoms with Gasteiger partial charge in [0, 0.05) is 6.42 Å². The fraction of sp³-hybridized carbons (Fsp3) is 0.167. The third kappa shape index (κ3) is 3.10. The molecule has 0 aliphatic rings. The van der Waals surface area contributed by atoms with Crippen molar-refractivity contribution in [1.29, 1.82) is 0 Å². The molecule has 0 aliphatic heterocycles. The van der Waals surface area contributed by atoms with E-state index in [-0.39, 0.29) is 17.9 Å². The van der Waals surface area contributed by atoms with Crippen LogP contribution in [0.1, 0.15) is 16.1 Å². The van der Waals surface area contributed by atoms with Crippen molar-refractivity contribution in [2.75, 3.05) is 5.73 Å². The minimum atomic E-state index is -1.16. The molecule has 0 spiro atoms. The fourth-order valence-electron chi connectivity index (χ4n) is 1.63. The predicted molar refractivity (Wildman–Crippen MR) is 67.7 cm³/mol. The van der Waals surface area contributed by atoms with Crippen molar-refractivity contribution in [2.24, 2.45) is 0 Å². The summed E-state index contributed by atoms with van der Waals surface area (Å²) >= 11 is 0. The summed E-state index contributed by atoms with van der Waals surface area (Å²) < 4.78 is 4.29. The SMILES string of the molecule is Nc1nonc1C(=O)N[C@@H](Cc1ccccc1)C(=O)O. The summed E-state index contributed by atoms with van der Waals surface area (Å²) in [6.07, 6.45) is 0.146. The van der Waals surface area contributed by atoms with Gasteiger partial charge in [-0.25, -0.2) is 9.42 Å². The van der Waals surface area contributed by atoms with Crippen LogP contribution in [0.4, 0.5) is 5.82 Å². The smallest absolute Gasteiger partial charge is 0.326 e. The average Bonchev–Trinajstić information content (AvgIpc) is 2.85. The van der Waals surface area contributed by atoms with Crippen LogP contribution in [0.3, 0.4) is 0 Å². The van der Waals surface area contributed by atoms with Crippen LogP contribution in [0.5, 0.6) is 0 Å². The number of carbonyl (C=O) groups is 2. The third-order valence-corrected chi connectivity index (χ3v) is 2.62. The van der Waals surface area contributed by atoms with Crippen molar-refractivity contribution in [3.05, 3.63) is 41.6 Å². The highest BCUT2D eigenvalue weighted by molar-refractivity contribution is 5.98. The number of hydrogen-bond acceptors (Lipinski definition) is 6. The van der Waals surface area contributed by atoms with Crippen molar-refractivity contribution in [3.63, 3.8) is 0 Å². The molecule has 0 unspecified atom stereocenters. The van der Waals surface area contributed by atoms with Gasteiger partial charge in [0.1, 0.15) is 6.04 Å². The molecule has 0 saturated heterocycles. The monoisotopic (exact) mass is 276 g/mol. The maximum atomic E-state index is 11.8. The normalized spacial score (nSPS) is 11.8. The molecule has 1 atom stereocenters. The van der Waals surface area contributed by atoms with Crippen molar-refractivity contribution in [2.45, 2.75) is 12.5 Å². The molecule has 2 aromatic rings. The molecular weight excluding hydrogens is 264 g/mol. The summed E-state index contributed by atoms with van der Waals surface area (Å²) in [5.74, 6) is -2.09. The van der Waals surface area contributed by atoms with Gasteiger partial charge in [-0.2, -0.15) is 0 Å². The Morgan fingerprint density at radius 3 is 2.55 bits per heavy atom. The molecule has 1 aromatic heterocycles. The Kier molecular flexibility index (Phi) is 3.94. The summed E-state index contributed by atoms with van der Waals surface area (Å²) in [5, 5.41) is 18.0. The topological polar surface area (TPSA) is 131 Å². The van der Waals surface area contributed by atoms with Gasteiger partial charge in [0.2, 0.25) is 11.5 Å². The lowest BCUT2D eigenvalue weighted by Gasteiger charge is -2.13. The van der Waals surface area contributed by atoms with Gasteiger partial charge >= 0.3 is 5.97 Å². The Hall–Kier alpha value is -2.90. The number of aromatic nitrogens is 2. The van der Waals surface area contributed by atoms with Gasteiger partial charge in [0.05, 0.1) is 0 Å². The molecule has 0 aliphatic carbocycles. The van der Waals surface area contributed by atoms with Crippen LogP contribution >= 0.6 is 0 Å². The number of amides is 1.